The second-order valence-corrected chi connectivity index (χ2v) is 8.66. The van der Waals surface area contributed by atoms with Gasteiger partial charge in [0, 0.05) is 5.41 Å². The Balaban J connectivity index is 1.48. The van der Waals surface area contributed by atoms with Gasteiger partial charge in [-0.25, -0.2) is 4.57 Å². The number of carbonyl (C=O) groups excluding carboxylic acids is 1. The van der Waals surface area contributed by atoms with Crippen molar-refractivity contribution in [2.75, 3.05) is 5.32 Å². The van der Waals surface area contributed by atoms with Crippen LogP contribution in [0.15, 0.2) is 6.20 Å². The van der Waals surface area contributed by atoms with Crippen LogP contribution in [0.5, 0.6) is 0 Å². The van der Waals surface area contributed by atoms with Gasteiger partial charge in [0.1, 0.15) is 11.8 Å². The van der Waals surface area contributed by atoms with E-state index in [1.807, 2.05) is 6.92 Å². The van der Waals surface area contributed by atoms with Crippen LogP contribution in [-0.2, 0) is 0 Å². The van der Waals surface area contributed by atoms with Crippen LogP contribution >= 0.6 is 0 Å². The van der Waals surface area contributed by atoms with Gasteiger partial charge in [0.05, 0.1) is 23.9 Å². The zero-order valence-corrected chi connectivity index (χ0v) is 14.7. The number of anilines is 1. The number of hydrogen-bond acceptors (Lipinski definition) is 4. The summed E-state index contributed by atoms with van der Waals surface area (Å²) in [4.78, 5) is 16.4. The molecule has 5 fully saturated rings. The first kappa shape index (κ1) is 15.6. The molecule has 4 N–H and O–H groups in total. The standard InChI is InChI=1S/C19H26N4O2/c1-10-14(17(20)25)9-21-18(22-11-2-4-12(24)5-3-11)23(10)16-13-8-19(16)7-6-15(13)19/h9,11-13,15-16,24H,2-8H2,1H3,(H2,20,25)/p+1. The van der Waals surface area contributed by atoms with Gasteiger partial charge in [-0.15, -0.1) is 0 Å². The second-order valence-electron chi connectivity index (χ2n) is 8.66. The molecule has 1 amide bonds. The van der Waals surface area contributed by atoms with Gasteiger partial charge < -0.3 is 10.8 Å². The number of nitrogens with one attached hydrogen (secondary N) is 1. The van der Waals surface area contributed by atoms with E-state index in [0.717, 1.165) is 49.2 Å². The lowest BCUT2D eigenvalue weighted by Crippen LogP contribution is -2.81. The SMILES string of the molecule is Cc1c(C(N)=O)cnc(NC2CCC(O)CC2)[n+]1C1C2CC13CCC23. The summed E-state index contributed by atoms with van der Waals surface area (Å²) < 4.78 is 2.29. The fourth-order valence-electron chi connectivity index (χ4n) is 6.07. The van der Waals surface area contributed by atoms with E-state index in [4.69, 9.17) is 5.73 Å². The molecule has 4 atom stereocenters. The van der Waals surface area contributed by atoms with Crippen LogP contribution < -0.4 is 15.6 Å². The first-order chi connectivity index (χ1) is 12.0. The monoisotopic (exact) mass is 343 g/mol. The normalized spacial score (nSPS) is 41.0. The molecule has 6 rings (SSSR count). The quantitative estimate of drug-likeness (QED) is 0.722. The Hall–Kier alpha value is -1.69. The van der Waals surface area contributed by atoms with Crippen molar-refractivity contribution in [3.63, 3.8) is 0 Å². The van der Waals surface area contributed by atoms with Gasteiger partial charge in [-0.1, -0.05) is 4.98 Å². The molecular formula is C19H27N4O2+. The number of nitrogens with two attached hydrogens (primary N) is 1. The van der Waals surface area contributed by atoms with E-state index < -0.39 is 5.91 Å². The summed E-state index contributed by atoms with van der Waals surface area (Å²) in [6.07, 6.45) is 9.07. The maximum Gasteiger partial charge on any atom is 0.392 e. The fourth-order valence-corrected chi connectivity index (χ4v) is 6.07. The molecule has 6 nitrogen and oxygen atoms in total. The molecular weight excluding hydrogens is 316 g/mol. The third-order valence-electron chi connectivity index (χ3n) is 7.66. The smallest absolute Gasteiger partial charge is 0.392 e. The highest BCUT2D eigenvalue weighted by molar-refractivity contribution is 5.93. The molecule has 1 aromatic rings. The number of aliphatic hydroxyl groups is 1. The van der Waals surface area contributed by atoms with Crippen LogP contribution in [0, 0.1) is 24.2 Å². The lowest BCUT2D eigenvalue weighted by molar-refractivity contribution is -0.788. The number of aromatic nitrogens is 2. The first-order valence-electron chi connectivity index (χ1n) is 9.67. The van der Waals surface area contributed by atoms with Crippen LogP contribution in [0.2, 0.25) is 0 Å². The first-order valence-corrected chi connectivity index (χ1v) is 9.67. The van der Waals surface area contributed by atoms with E-state index in [1.54, 1.807) is 6.20 Å². The van der Waals surface area contributed by atoms with E-state index in [-0.39, 0.29) is 6.10 Å². The number of hydrogen-bond donors (Lipinski definition) is 3. The summed E-state index contributed by atoms with van der Waals surface area (Å²) in [6.45, 7) is 2.00. The Bertz CT molecular complexity index is 739. The molecule has 0 radical (unpaired) electrons. The van der Waals surface area contributed by atoms with Crippen molar-refractivity contribution < 1.29 is 14.5 Å². The van der Waals surface area contributed by atoms with Crippen molar-refractivity contribution >= 4 is 11.9 Å². The molecule has 5 aliphatic rings. The number of aliphatic hydroxyl groups excluding tert-OH is 1. The molecule has 6 heteroatoms. The lowest BCUT2D eigenvalue weighted by atomic mass is 9.26. The van der Waals surface area contributed by atoms with Gasteiger partial charge in [0.2, 0.25) is 0 Å². The topological polar surface area (TPSA) is 92.1 Å². The molecule has 1 heterocycles. The number of primary amides is 1. The maximum atomic E-state index is 11.8. The Labute approximate surface area is 147 Å². The highest BCUT2D eigenvalue weighted by Gasteiger charge is 2.79. The molecule has 5 aliphatic carbocycles. The summed E-state index contributed by atoms with van der Waals surface area (Å²) in [7, 11) is 0. The summed E-state index contributed by atoms with van der Waals surface area (Å²) in [5.74, 6) is 2.13. The Morgan fingerprint density at radius 1 is 1.36 bits per heavy atom. The van der Waals surface area contributed by atoms with Crippen molar-refractivity contribution in [1.82, 2.24) is 4.98 Å². The number of nitrogens with zero attached hydrogens (tertiary/aromatic N) is 2. The Morgan fingerprint density at radius 2 is 2.12 bits per heavy atom. The molecule has 0 saturated heterocycles. The summed E-state index contributed by atoms with van der Waals surface area (Å²) >= 11 is 0. The molecule has 0 aromatic carbocycles. The van der Waals surface area contributed by atoms with E-state index in [2.05, 4.69) is 14.9 Å². The molecule has 1 spiro atoms. The summed E-state index contributed by atoms with van der Waals surface area (Å²) in [5, 5.41) is 13.3. The fraction of sp³-hybridized carbons (Fsp3) is 0.737. The molecule has 25 heavy (non-hydrogen) atoms. The van der Waals surface area contributed by atoms with E-state index in [1.165, 1.54) is 19.3 Å². The Morgan fingerprint density at radius 3 is 2.64 bits per heavy atom. The van der Waals surface area contributed by atoms with Crippen molar-refractivity contribution in [2.45, 2.75) is 70.1 Å². The number of amides is 1. The highest BCUT2D eigenvalue weighted by atomic mass is 16.3. The van der Waals surface area contributed by atoms with Gasteiger partial charge in [-0.05, 0) is 63.7 Å². The molecule has 5 saturated carbocycles. The van der Waals surface area contributed by atoms with Crippen molar-refractivity contribution in [2.24, 2.45) is 23.0 Å². The summed E-state index contributed by atoms with van der Waals surface area (Å²) in [5.41, 5.74) is 7.52. The van der Waals surface area contributed by atoms with Crippen LogP contribution in [-0.4, -0.2) is 28.1 Å². The number of rotatable bonds is 4. The Kier molecular flexibility index (Phi) is 3.21. The molecule has 2 bridgehead atoms. The largest absolute Gasteiger partial charge is 0.393 e. The van der Waals surface area contributed by atoms with Crippen LogP contribution in [0.3, 0.4) is 0 Å². The molecule has 4 unspecified atom stereocenters. The predicted octanol–water partition coefficient (Wildman–Crippen LogP) is 1.46. The third-order valence-corrected chi connectivity index (χ3v) is 7.66. The van der Waals surface area contributed by atoms with Crippen LogP contribution in [0.25, 0.3) is 0 Å². The van der Waals surface area contributed by atoms with Crippen molar-refractivity contribution in [3.05, 3.63) is 17.5 Å². The van der Waals surface area contributed by atoms with Crippen LogP contribution in [0.4, 0.5) is 5.95 Å². The van der Waals surface area contributed by atoms with E-state index in [9.17, 15) is 9.90 Å². The van der Waals surface area contributed by atoms with Crippen LogP contribution in [0.1, 0.15) is 67.0 Å². The van der Waals surface area contributed by atoms with E-state index in [0.29, 0.717) is 23.1 Å². The van der Waals surface area contributed by atoms with Gasteiger partial charge in [-0.2, -0.15) is 0 Å². The van der Waals surface area contributed by atoms with Crippen molar-refractivity contribution in [1.29, 1.82) is 0 Å². The lowest BCUT2D eigenvalue weighted by Gasteiger charge is -2.79. The average Bonchev–Trinajstić information content (AvgIpc) is 2.55. The van der Waals surface area contributed by atoms with Gasteiger partial charge in [-0.3, -0.25) is 10.1 Å². The second kappa shape index (κ2) is 5.16. The third kappa shape index (κ3) is 1.97. The zero-order chi connectivity index (χ0) is 17.3. The molecule has 134 valence electrons. The number of carbonyl (C=O) groups is 1. The predicted molar refractivity (Wildman–Crippen MR) is 91.9 cm³/mol. The molecule has 0 aliphatic heterocycles. The van der Waals surface area contributed by atoms with Gasteiger partial charge in [0.25, 0.3) is 5.91 Å². The summed E-state index contributed by atoms with van der Waals surface area (Å²) in [6, 6.07) is 0.821. The van der Waals surface area contributed by atoms with Gasteiger partial charge in [0.15, 0.2) is 0 Å². The maximum absolute atomic E-state index is 11.8. The molecule has 1 aromatic heterocycles. The highest BCUT2D eigenvalue weighted by Crippen LogP contribution is 2.82. The average molecular weight is 343 g/mol. The van der Waals surface area contributed by atoms with E-state index >= 15 is 0 Å². The van der Waals surface area contributed by atoms with Crippen molar-refractivity contribution in [3.8, 4) is 0 Å². The zero-order valence-electron chi connectivity index (χ0n) is 14.7. The minimum atomic E-state index is -0.401. The minimum absolute atomic E-state index is 0.161. The minimum Gasteiger partial charge on any atom is -0.393 e. The van der Waals surface area contributed by atoms with Gasteiger partial charge >= 0.3 is 5.95 Å².